The lowest BCUT2D eigenvalue weighted by Crippen LogP contribution is -1.84. The highest BCUT2D eigenvalue weighted by Crippen LogP contribution is 2.14. The zero-order valence-corrected chi connectivity index (χ0v) is 8.15. The molecule has 0 aliphatic rings. The molecule has 0 amide bonds. The maximum Gasteiger partial charge on any atom is 0.0505 e. The summed E-state index contributed by atoms with van der Waals surface area (Å²) in [5.41, 5.74) is 0. The third kappa shape index (κ3) is 8.39. The molecular weight excluding hydrogens is 143 g/mol. The van der Waals surface area contributed by atoms with Crippen molar-refractivity contribution in [2.24, 2.45) is 0 Å². The van der Waals surface area contributed by atoms with Gasteiger partial charge in [-0.25, -0.2) is 0 Å². The molecule has 0 saturated carbocycles. The Kier molecular flexibility index (Phi) is 9.76. The fourth-order valence-electron chi connectivity index (χ4n) is 0.610. The summed E-state index contributed by atoms with van der Waals surface area (Å²) >= 11 is 0. The van der Waals surface area contributed by atoms with Gasteiger partial charge in [0.1, 0.15) is 0 Å². The van der Waals surface area contributed by atoms with Crippen molar-refractivity contribution in [3.05, 3.63) is 0 Å². The maximum absolute atomic E-state index is 5.40. The zero-order valence-electron chi connectivity index (χ0n) is 7.15. The molecule has 0 bridgehead atoms. The summed E-state index contributed by atoms with van der Waals surface area (Å²) in [5.74, 6) is 0. The molecule has 0 spiro atoms. The Morgan fingerprint density at radius 1 is 1.10 bits per heavy atom. The van der Waals surface area contributed by atoms with Gasteiger partial charge in [0, 0.05) is 8.81 Å². The molecule has 0 aromatic carbocycles. The van der Waals surface area contributed by atoms with Crippen LogP contribution in [-0.2, 0) is 4.52 Å². The van der Waals surface area contributed by atoms with E-state index in [0.29, 0.717) is 0 Å². The van der Waals surface area contributed by atoms with E-state index in [2.05, 4.69) is 13.8 Å². The van der Waals surface area contributed by atoms with Crippen LogP contribution in [0.5, 0.6) is 0 Å². The van der Waals surface area contributed by atoms with E-state index in [-0.39, 0.29) is 0 Å². The Bertz CT molecular complexity index is 49.2. The zero-order chi connectivity index (χ0) is 7.66. The average molecular weight is 162 g/mol. The van der Waals surface area contributed by atoms with Crippen LogP contribution in [0.25, 0.3) is 0 Å². The van der Waals surface area contributed by atoms with Gasteiger partial charge in [0.2, 0.25) is 0 Å². The van der Waals surface area contributed by atoms with Gasteiger partial charge in [0.15, 0.2) is 0 Å². The van der Waals surface area contributed by atoms with E-state index in [9.17, 15) is 0 Å². The molecule has 0 saturated heterocycles. The Balaban J connectivity index is 2.65. The molecule has 1 unspecified atom stereocenters. The molecule has 0 heterocycles. The van der Waals surface area contributed by atoms with Gasteiger partial charge in [-0.05, 0) is 19.0 Å². The molecule has 0 aliphatic heterocycles. The molecule has 1 atom stereocenters. The molecule has 0 N–H and O–H groups in total. The van der Waals surface area contributed by atoms with Crippen LogP contribution in [0.15, 0.2) is 0 Å². The van der Waals surface area contributed by atoms with E-state index in [1.807, 2.05) is 0 Å². The van der Waals surface area contributed by atoms with Crippen molar-refractivity contribution in [2.75, 3.05) is 12.8 Å². The van der Waals surface area contributed by atoms with Gasteiger partial charge in [-0.2, -0.15) is 0 Å². The first-order chi connectivity index (χ1) is 4.91. The molecule has 0 aromatic heterocycles. The highest BCUT2D eigenvalue weighted by molar-refractivity contribution is 7.32. The summed E-state index contributed by atoms with van der Waals surface area (Å²) in [6, 6.07) is 0. The van der Waals surface area contributed by atoms with Crippen LogP contribution in [0.2, 0.25) is 0 Å². The standard InChI is InChI=1S/C8H19OP/c1-3-5-7-9-10-8-6-4-2/h10H,3-8H2,1-2H3. The van der Waals surface area contributed by atoms with Gasteiger partial charge < -0.3 is 4.52 Å². The smallest absolute Gasteiger partial charge is 0.0505 e. The fourth-order valence-corrected chi connectivity index (χ4v) is 1.54. The highest BCUT2D eigenvalue weighted by Gasteiger charge is 1.86. The Morgan fingerprint density at radius 2 is 1.80 bits per heavy atom. The lowest BCUT2D eigenvalue weighted by atomic mass is 10.4. The van der Waals surface area contributed by atoms with E-state index in [4.69, 9.17) is 4.52 Å². The van der Waals surface area contributed by atoms with Crippen LogP contribution >= 0.6 is 8.81 Å². The van der Waals surface area contributed by atoms with E-state index < -0.39 is 0 Å². The minimum atomic E-state index is 0.749. The lowest BCUT2D eigenvalue weighted by Gasteiger charge is -2.00. The second-order valence-corrected chi connectivity index (χ2v) is 3.53. The van der Waals surface area contributed by atoms with Crippen molar-refractivity contribution < 1.29 is 4.52 Å². The maximum atomic E-state index is 5.40. The summed E-state index contributed by atoms with van der Waals surface area (Å²) in [6.07, 6.45) is 6.35. The summed E-state index contributed by atoms with van der Waals surface area (Å²) in [5, 5.41) is 0. The Hall–Kier alpha value is 0.390. The van der Waals surface area contributed by atoms with Gasteiger partial charge >= 0.3 is 0 Å². The number of hydrogen-bond acceptors (Lipinski definition) is 1. The minimum Gasteiger partial charge on any atom is -0.362 e. The Labute approximate surface area is 66.4 Å². The molecule has 0 radical (unpaired) electrons. The number of rotatable bonds is 7. The molecule has 62 valence electrons. The van der Waals surface area contributed by atoms with Crippen molar-refractivity contribution in [2.45, 2.75) is 39.5 Å². The van der Waals surface area contributed by atoms with Gasteiger partial charge in [-0.15, -0.1) is 0 Å². The fraction of sp³-hybridized carbons (Fsp3) is 1.00. The van der Waals surface area contributed by atoms with E-state index >= 15 is 0 Å². The Morgan fingerprint density at radius 3 is 2.40 bits per heavy atom. The first-order valence-electron chi connectivity index (χ1n) is 4.26. The van der Waals surface area contributed by atoms with E-state index in [0.717, 1.165) is 15.4 Å². The molecular formula is C8H19OP. The van der Waals surface area contributed by atoms with Crippen molar-refractivity contribution in [1.29, 1.82) is 0 Å². The average Bonchev–Trinajstić information content (AvgIpc) is 1.97. The molecule has 2 heteroatoms. The van der Waals surface area contributed by atoms with E-state index in [1.54, 1.807) is 0 Å². The van der Waals surface area contributed by atoms with Crippen LogP contribution in [0.3, 0.4) is 0 Å². The normalized spacial score (nSPS) is 11.4. The van der Waals surface area contributed by atoms with Crippen LogP contribution in [0.4, 0.5) is 0 Å². The van der Waals surface area contributed by atoms with Crippen molar-refractivity contribution in [3.63, 3.8) is 0 Å². The summed E-state index contributed by atoms with van der Waals surface area (Å²) in [4.78, 5) is 0. The molecule has 1 nitrogen and oxygen atoms in total. The number of unbranched alkanes of at least 4 members (excludes halogenated alkanes) is 2. The SMILES string of the molecule is CCCCOPCCCC. The van der Waals surface area contributed by atoms with Gasteiger partial charge in [0.25, 0.3) is 0 Å². The van der Waals surface area contributed by atoms with Crippen LogP contribution in [0, 0.1) is 0 Å². The predicted molar refractivity (Wildman–Crippen MR) is 49.0 cm³/mol. The first kappa shape index (κ1) is 10.4. The number of hydrogen-bond donors (Lipinski definition) is 0. The quantitative estimate of drug-likeness (QED) is 0.412. The topological polar surface area (TPSA) is 9.23 Å². The van der Waals surface area contributed by atoms with Crippen LogP contribution in [-0.4, -0.2) is 12.8 Å². The second kappa shape index (κ2) is 9.39. The van der Waals surface area contributed by atoms with Gasteiger partial charge in [-0.3, -0.25) is 0 Å². The summed E-state index contributed by atoms with van der Waals surface area (Å²) < 4.78 is 5.40. The molecule has 0 fully saturated rings. The molecule has 0 aliphatic carbocycles. The van der Waals surface area contributed by atoms with Gasteiger partial charge in [-0.1, -0.05) is 26.7 Å². The van der Waals surface area contributed by atoms with Gasteiger partial charge in [0.05, 0.1) is 6.61 Å². The van der Waals surface area contributed by atoms with E-state index in [1.165, 1.54) is 31.8 Å². The molecule has 0 aromatic rings. The highest BCUT2D eigenvalue weighted by atomic mass is 31.1. The second-order valence-electron chi connectivity index (χ2n) is 2.45. The minimum absolute atomic E-state index is 0.749. The molecule has 0 rings (SSSR count). The monoisotopic (exact) mass is 162 g/mol. The van der Waals surface area contributed by atoms with Crippen molar-refractivity contribution in [1.82, 2.24) is 0 Å². The van der Waals surface area contributed by atoms with Crippen molar-refractivity contribution in [3.8, 4) is 0 Å². The summed E-state index contributed by atoms with van der Waals surface area (Å²) in [7, 11) is 0.749. The van der Waals surface area contributed by atoms with Crippen molar-refractivity contribution >= 4 is 8.81 Å². The predicted octanol–water partition coefficient (Wildman–Crippen LogP) is 3.20. The molecule has 10 heavy (non-hydrogen) atoms. The first-order valence-corrected chi connectivity index (χ1v) is 5.38. The summed E-state index contributed by atoms with van der Waals surface area (Å²) in [6.45, 7) is 5.38. The van der Waals surface area contributed by atoms with Crippen LogP contribution < -0.4 is 0 Å². The van der Waals surface area contributed by atoms with Crippen LogP contribution in [0.1, 0.15) is 39.5 Å². The third-order valence-corrected chi connectivity index (χ3v) is 2.30. The third-order valence-electron chi connectivity index (χ3n) is 1.33. The lowest BCUT2D eigenvalue weighted by molar-refractivity contribution is 0.351. The largest absolute Gasteiger partial charge is 0.362 e.